The molecule has 2 N–H and O–H groups in total. The molecule has 1 saturated carbocycles. The molecule has 1 fully saturated rings. The maximum Gasteiger partial charge on any atom is 0.0764 e. The molecule has 108 valence electrons. The number of hydrogen-bond donors (Lipinski definition) is 1. The van der Waals surface area contributed by atoms with Gasteiger partial charge < -0.3 is 5.73 Å². The molecule has 4 nitrogen and oxygen atoms in total. The maximum absolute atomic E-state index is 6.08. The van der Waals surface area contributed by atoms with Crippen molar-refractivity contribution in [1.82, 2.24) is 14.7 Å². The van der Waals surface area contributed by atoms with Gasteiger partial charge in [-0.2, -0.15) is 5.10 Å². The number of nitrogens with zero attached hydrogens (tertiary/aromatic N) is 3. The summed E-state index contributed by atoms with van der Waals surface area (Å²) in [5.41, 5.74) is 7.42. The molecule has 2 rings (SSSR count). The second-order valence-corrected chi connectivity index (χ2v) is 6.23. The van der Waals surface area contributed by atoms with Gasteiger partial charge in [0.15, 0.2) is 0 Å². The van der Waals surface area contributed by atoms with E-state index in [-0.39, 0.29) is 5.54 Å². The zero-order chi connectivity index (χ0) is 13.9. The van der Waals surface area contributed by atoms with Crippen LogP contribution in [0.2, 0.25) is 0 Å². The second kappa shape index (κ2) is 6.06. The Labute approximate surface area is 117 Å². The van der Waals surface area contributed by atoms with Gasteiger partial charge in [0, 0.05) is 30.9 Å². The Bertz CT molecular complexity index is 391. The van der Waals surface area contributed by atoms with Gasteiger partial charge in [-0.1, -0.05) is 19.3 Å². The minimum Gasteiger partial charge on any atom is -0.329 e. The Morgan fingerprint density at radius 1 is 1.37 bits per heavy atom. The fourth-order valence-corrected chi connectivity index (χ4v) is 3.11. The summed E-state index contributed by atoms with van der Waals surface area (Å²) < 4.78 is 2.03. The van der Waals surface area contributed by atoms with Crippen molar-refractivity contribution in [2.75, 3.05) is 13.6 Å². The number of hydrogen-bond acceptors (Lipinski definition) is 3. The highest BCUT2D eigenvalue weighted by Gasteiger charge is 2.34. The summed E-state index contributed by atoms with van der Waals surface area (Å²) >= 11 is 0. The molecule has 0 unspecified atom stereocenters. The first-order valence-corrected chi connectivity index (χ1v) is 7.53. The van der Waals surface area contributed by atoms with Gasteiger partial charge in [-0.15, -0.1) is 0 Å². The molecular weight excluding hydrogens is 236 g/mol. The Morgan fingerprint density at radius 2 is 2.05 bits per heavy atom. The summed E-state index contributed by atoms with van der Waals surface area (Å²) in [5, 5.41) is 4.64. The molecule has 1 aromatic rings. The van der Waals surface area contributed by atoms with E-state index in [0.717, 1.165) is 18.8 Å². The molecule has 1 aliphatic carbocycles. The average Bonchev–Trinajstić information content (AvgIpc) is 2.88. The highest BCUT2D eigenvalue weighted by atomic mass is 15.3. The lowest BCUT2D eigenvalue weighted by Gasteiger charge is -2.43. The first kappa shape index (κ1) is 14.5. The standard InChI is InChI=1S/C15H28N4/c1-13(2)19-10-7-14(17-19)11-18(3)15(12-16)8-5-4-6-9-15/h7,10,13H,4-6,8-9,11-12,16H2,1-3H3. The van der Waals surface area contributed by atoms with Crippen molar-refractivity contribution in [3.05, 3.63) is 18.0 Å². The van der Waals surface area contributed by atoms with E-state index in [1.54, 1.807) is 0 Å². The molecule has 0 spiro atoms. The molecule has 0 bridgehead atoms. The fourth-order valence-electron chi connectivity index (χ4n) is 3.11. The normalized spacial score (nSPS) is 19.3. The first-order valence-electron chi connectivity index (χ1n) is 7.53. The van der Waals surface area contributed by atoms with E-state index in [2.05, 4.69) is 43.2 Å². The van der Waals surface area contributed by atoms with Crippen molar-refractivity contribution in [1.29, 1.82) is 0 Å². The smallest absolute Gasteiger partial charge is 0.0764 e. The van der Waals surface area contributed by atoms with E-state index < -0.39 is 0 Å². The van der Waals surface area contributed by atoms with Crippen molar-refractivity contribution in [2.24, 2.45) is 5.73 Å². The number of aromatic nitrogens is 2. The van der Waals surface area contributed by atoms with E-state index in [0.29, 0.717) is 6.04 Å². The van der Waals surface area contributed by atoms with Crippen LogP contribution in [-0.4, -0.2) is 33.8 Å². The quantitative estimate of drug-likeness (QED) is 0.889. The second-order valence-electron chi connectivity index (χ2n) is 6.23. The molecule has 0 aromatic carbocycles. The summed E-state index contributed by atoms with van der Waals surface area (Å²) in [7, 11) is 2.20. The Morgan fingerprint density at radius 3 is 2.58 bits per heavy atom. The average molecular weight is 264 g/mol. The van der Waals surface area contributed by atoms with E-state index in [1.807, 2.05) is 4.68 Å². The van der Waals surface area contributed by atoms with Gasteiger partial charge in [0.2, 0.25) is 0 Å². The predicted molar refractivity (Wildman–Crippen MR) is 78.9 cm³/mol. The fraction of sp³-hybridized carbons (Fsp3) is 0.800. The SMILES string of the molecule is CC(C)n1ccc(CN(C)C2(CN)CCCCC2)n1. The van der Waals surface area contributed by atoms with Crippen molar-refractivity contribution in [3.8, 4) is 0 Å². The minimum absolute atomic E-state index is 0.194. The predicted octanol–water partition coefficient (Wildman–Crippen LogP) is 2.56. The molecule has 1 heterocycles. The topological polar surface area (TPSA) is 47.1 Å². The lowest BCUT2D eigenvalue weighted by atomic mass is 9.80. The van der Waals surface area contributed by atoms with Crippen molar-refractivity contribution >= 4 is 0 Å². The number of likely N-dealkylation sites (N-methyl/N-ethyl adjacent to an activating group) is 1. The van der Waals surface area contributed by atoms with Crippen LogP contribution in [0.4, 0.5) is 0 Å². The summed E-state index contributed by atoms with van der Waals surface area (Å²) in [4.78, 5) is 2.43. The van der Waals surface area contributed by atoms with Crippen LogP contribution in [0.25, 0.3) is 0 Å². The van der Waals surface area contributed by atoms with Crippen LogP contribution in [-0.2, 0) is 6.54 Å². The monoisotopic (exact) mass is 264 g/mol. The van der Waals surface area contributed by atoms with Crippen LogP contribution in [0.1, 0.15) is 57.7 Å². The zero-order valence-corrected chi connectivity index (χ0v) is 12.6. The third-order valence-electron chi connectivity index (χ3n) is 4.57. The van der Waals surface area contributed by atoms with E-state index in [9.17, 15) is 0 Å². The zero-order valence-electron chi connectivity index (χ0n) is 12.6. The molecule has 1 aromatic heterocycles. The van der Waals surface area contributed by atoms with Gasteiger partial charge in [0.05, 0.1) is 5.69 Å². The molecule has 0 saturated heterocycles. The van der Waals surface area contributed by atoms with Crippen LogP contribution in [0, 0.1) is 0 Å². The molecule has 4 heteroatoms. The summed E-state index contributed by atoms with van der Waals surface area (Å²) in [6.45, 7) is 5.97. The highest BCUT2D eigenvalue weighted by molar-refractivity contribution is 5.02. The van der Waals surface area contributed by atoms with Gasteiger partial charge in [-0.05, 0) is 39.8 Å². The molecule has 1 aliphatic rings. The lowest BCUT2D eigenvalue weighted by Crippen LogP contribution is -2.52. The maximum atomic E-state index is 6.08. The van der Waals surface area contributed by atoms with E-state index >= 15 is 0 Å². The van der Waals surface area contributed by atoms with Crippen LogP contribution >= 0.6 is 0 Å². The third kappa shape index (κ3) is 3.18. The van der Waals surface area contributed by atoms with Gasteiger partial charge in [-0.25, -0.2) is 0 Å². The third-order valence-corrected chi connectivity index (χ3v) is 4.57. The Balaban J connectivity index is 2.03. The Kier molecular flexibility index (Phi) is 4.63. The van der Waals surface area contributed by atoms with Gasteiger partial charge in [0.1, 0.15) is 0 Å². The van der Waals surface area contributed by atoms with Crippen LogP contribution in [0.3, 0.4) is 0 Å². The number of nitrogens with two attached hydrogens (primary N) is 1. The van der Waals surface area contributed by atoms with Crippen LogP contribution in [0.15, 0.2) is 12.3 Å². The minimum atomic E-state index is 0.194. The highest BCUT2D eigenvalue weighted by Crippen LogP contribution is 2.32. The largest absolute Gasteiger partial charge is 0.329 e. The summed E-state index contributed by atoms with van der Waals surface area (Å²) in [6, 6.07) is 2.56. The van der Waals surface area contributed by atoms with E-state index in [1.165, 1.54) is 32.1 Å². The molecule has 0 radical (unpaired) electrons. The van der Waals surface area contributed by atoms with Crippen molar-refractivity contribution in [2.45, 2.75) is 64.1 Å². The molecule has 0 amide bonds. The van der Waals surface area contributed by atoms with Gasteiger partial charge in [0.25, 0.3) is 0 Å². The molecule has 0 aliphatic heterocycles. The Hall–Kier alpha value is -0.870. The summed E-state index contributed by atoms with van der Waals surface area (Å²) in [6.07, 6.45) is 8.50. The van der Waals surface area contributed by atoms with Crippen LogP contribution in [0.5, 0.6) is 0 Å². The van der Waals surface area contributed by atoms with Crippen LogP contribution < -0.4 is 5.73 Å². The number of rotatable bonds is 5. The molecule has 0 atom stereocenters. The molecular formula is C15H28N4. The van der Waals surface area contributed by atoms with Gasteiger partial charge >= 0.3 is 0 Å². The lowest BCUT2D eigenvalue weighted by molar-refractivity contribution is 0.0745. The van der Waals surface area contributed by atoms with Gasteiger partial charge in [-0.3, -0.25) is 9.58 Å². The molecule has 19 heavy (non-hydrogen) atoms. The summed E-state index contributed by atoms with van der Waals surface area (Å²) in [5.74, 6) is 0. The van der Waals surface area contributed by atoms with E-state index in [4.69, 9.17) is 5.73 Å². The first-order chi connectivity index (χ1) is 9.07. The van der Waals surface area contributed by atoms with Crippen molar-refractivity contribution in [3.63, 3.8) is 0 Å². The van der Waals surface area contributed by atoms with Crippen molar-refractivity contribution < 1.29 is 0 Å².